The van der Waals surface area contributed by atoms with E-state index in [1.807, 2.05) is 20.8 Å². The Morgan fingerprint density at radius 1 is 1.13 bits per heavy atom. The first-order valence-corrected chi connectivity index (χ1v) is 15.5. The van der Waals surface area contributed by atoms with Crippen LogP contribution in [0.1, 0.15) is 87.5 Å². The van der Waals surface area contributed by atoms with Gasteiger partial charge in [0.2, 0.25) is 0 Å². The molecule has 0 saturated heterocycles. The van der Waals surface area contributed by atoms with Gasteiger partial charge >= 0.3 is 6.09 Å². The van der Waals surface area contributed by atoms with Gasteiger partial charge < -0.3 is 14.5 Å². The third-order valence-corrected chi connectivity index (χ3v) is 8.66. The number of ether oxygens (including phenoxy) is 1. The van der Waals surface area contributed by atoms with Crippen molar-refractivity contribution in [3.63, 3.8) is 0 Å². The molecule has 2 aliphatic rings. The minimum atomic E-state index is -1.98. The number of Topliss-reactive ketones (excluding diaryl/α,β-unsaturated/α-hetero) is 1. The molecule has 2 bridgehead atoms. The summed E-state index contributed by atoms with van der Waals surface area (Å²) in [6.07, 6.45) is 3.57. The SMILES string of the molecule is CC(C)C[C@H](CC(=O)[C@]1(O[Si](C)(C)C)C[C@H]2CC[C@]1(C)C2(C)C)NC(=O)OC(C)(C)C. The molecule has 6 heteroatoms. The lowest BCUT2D eigenvalue weighted by atomic mass is 9.62. The second kappa shape index (κ2) is 8.47. The highest BCUT2D eigenvalue weighted by Gasteiger charge is 2.72. The molecule has 1 amide bonds. The van der Waals surface area contributed by atoms with Crippen LogP contribution in [0.3, 0.4) is 0 Å². The molecule has 0 radical (unpaired) electrons. The quantitative estimate of drug-likeness (QED) is 0.437. The highest BCUT2D eigenvalue weighted by Crippen LogP contribution is 2.71. The number of hydrogen-bond donors (Lipinski definition) is 1. The smallest absolute Gasteiger partial charge is 0.407 e. The number of hydrogen-bond acceptors (Lipinski definition) is 4. The molecule has 0 heterocycles. The average molecular weight is 454 g/mol. The van der Waals surface area contributed by atoms with Gasteiger partial charge in [0.25, 0.3) is 0 Å². The van der Waals surface area contributed by atoms with Crippen LogP contribution < -0.4 is 5.32 Å². The molecule has 0 aromatic carbocycles. The molecule has 0 aromatic heterocycles. The normalized spacial score (nSPS) is 31.0. The van der Waals surface area contributed by atoms with E-state index in [9.17, 15) is 9.59 Å². The van der Waals surface area contributed by atoms with E-state index in [1.54, 1.807) is 0 Å². The Morgan fingerprint density at radius 2 is 1.71 bits per heavy atom. The van der Waals surface area contributed by atoms with Crippen LogP contribution in [0.4, 0.5) is 4.79 Å². The number of alkyl carbamates (subject to hydrolysis) is 1. The van der Waals surface area contributed by atoms with Gasteiger partial charge in [-0.1, -0.05) is 34.6 Å². The number of carbonyl (C=O) groups excluding carboxylic acids is 2. The van der Waals surface area contributed by atoms with Crippen molar-refractivity contribution in [3.05, 3.63) is 0 Å². The first-order chi connectivity index (χ1) is 13.8. The summed E-state index contributed by atoms with van der Waals surface area (Å²) in [5.74, 6) is 1.02. The Kier molecular flexibility index (Phi) is 7.21. The Hall–Kier alpha value is -0.883. The second-order valence-electron chi connectivity index (χ2n) is 13.1. The standard InChI is InChI=1S/C25H47NO4Si/c1-17(2)14-19(26-21(28)29-22(3,4)5)15-20(27)25(30-31(9,10)11)16-18-12-13-24(25,8)23(18,6)7/h17-19H,12-16H2,1-11H3,(H,26,28)/t18-,19-,24-,25-/m1/s1. The minimum absolute atomic E-state index is 0.0639. The van der Waals surface area contributed by atoms with Crippen LogP contribution in [0.25, 0.3) is 0 Å². The molecule has 0 aromatic rings. The minimum Gasteiger partial charge on any atom is -0.444 e. The van der Waals surface area contributed by atoms with E-state index in [4.69, 9.17) is 9.16 Å². The largest absolute Gasteiger partial charge is 0.444 e. The Labute approximate surface area is 191 Å². The van der Waals surface area contributed by atoms with Crippen LogP contribution in [0.2, 0.25) is 19.6 Å². The van der Waals surface area contributed by atoms with E-state index in [0.717, 1.165) is 19.3 Å². The van der Waals surface area contributed by atoms with Crippen LogP contribution in [-0.4, -0.2) is 37.4 Å². The summed E-state index contributed by atoms with van der Waals surface area (Å²) < 4.78 is 12.3. The maximum Gasteiger partial charge on any atom is 0.407 e. The van der Waals surface area contributed by atoms with Gasteiger partial charge in [0.1, 0.15) is 11.2 Å². The molecule has 2 fully saturated rings. The number of rotatable bonds is 8. The zero-order chi connectivity index (χ0) is 24.0. The predicted octanol–water partition coefficient (Wildman–Crippen LogP) is 6.32. The summed E-state index contributed by atoms with van der Waals surface area (Å²) in [4.78, 5) is 26.6. The summed E-state index contributed by atoms with van der Waals surface area (Å²) in [6.45, 7) is 23.2. The predicted molar refractivity (Wildman–Crippen MR) is 129 cm³/mol. The summed E-state index contributed by atoms with van der Waals surface area (Å²) in [5.41, 5.74) is -1.44. The van der Waals surface area contributed by atoms with E-state index in [2.05, 4.69) is 59.6 Å². The molecule has 0 aliphatic heterocycles. The Morgan fingerprint density at radius 3 is 2.10 bits per heavy atom. The van der Waals surface area contributed by atoms with E-state index in [0.29, 0.717) is 18.3 Å². The molecule has 180 valence electrons. The fourth-order valence-electron chi connectivity index (χ4n) is 6.03. The van der Waals surface area contributed by atoms with Crippen LogP contribution in [-0.2, 0) is 14.0 Å². The van der Waals surface area contributed by atoms with Crippen LogP contribution in [0, 0.1) is 22.7 Å². The van der Waals surface area contributed by atoms with Crippen molar-refractivity contribution in [1.82, 2.24) is 5.32 Å². The molecule has 1 N–H and O–H groups in total. The van der Waals surface area contributed by atoms with E-state index in [1.165, 1.54) is 6.42 Å². The number of ketones is 1. The first-order valence-electron chi connectivity index (χ1n) is 12.1. The molecule has 4 atom stereocenters. The molecular weight excluding hydrogens is 406 g/mol. The van der Waals surface area contributed by atoms with Crippen molar-refractivity contribution in [2.75, 3.05) is 0 Å². The molecule has 5 nitrogen and oxygen atoms in total. The molecule has 31 heavy (non-hydrogen) atoms. The van der Waals surface area contributed by atoms with Crippen LogP contribution >= 0.6 is 0 Å². The zero-order valence-corrected chi connectivity index (χ0v) is 22.9. The molecule has 2 rings (SSSR count). The number of carbonyl (C=O) groups is 2. The molecular formula is C25H47NO4Si. The van der Waals surface area contributed by atoms with Gasteiger partial charge in [-0.2, -0.15) is 0 Å². The summed E-state index contributed by atoms with van der Waals surface area (Å²) in [5, 5.41) is 2.99. The number of amides is 1. The van der Waals surface area contributed by atoms with Crippen molar-refractivity contribution < 1.29 is 18.8 Å². The van der Waals surface area contributed by atoms with Gasteiger partial charge in [-0.05, 0) is 83.3 Å². The van der Waals surface area contributed by atoms with Gasteiger partial charge in [-0.15, -0.1) is 0 Å². The maximum atomic E-state index is 14.1. The summed E-state index contributed by atoms with van der Waals surface area (Å²) in [6, 6.07) is -0.254. The molecule has 0 unspecified atom stereocenters. The van der Waals surface area contributed by atoms with Gasteiger partial charge in [-0.25, -0.2) is 4.79 Å². The third kappa shape index (κ3) is 5.37. The van der Waals surface area contributed by atoms with Crippen LogP contribution in [0.5, 0.6) is 0 Å². The van der Waals surface area contributed by atoms with Crippen molar-refractivity contribution in [2.24, 2.45) is 22.7 Å². The van der Waals surface area contributed by atoms with Gasteiger partial charge in [0, 0.05) is 17.9 Å². The van der Waals surface area contributed by atoms with Crippen molar-refractivity contribution >= 4 is 20.2 Å². The van der Waals surface area contributed by atoms with Crippen LogP contribution in [0.15, 0.2) is 0 Å². The van der Waals surface area contributed by atoms with Gasteiger partial charge in [0.15, 0.2) is 14.1 Å². The zero-order valence-electron chi connectivity index (χ0n) is 21.9. The van der Waals surface area contributed by atoms with Crippen molar-refractivity contribution in [2.45, 2.75) is 124 Å². The number of fused-ring (bicyclic) bond motifs is 2. The first kappa shape index (κ1) is 26.4. The second-order valence-corrected chi connectivity index (χ2v) is 17.6. The van der Waals surface area contributed by atoms with E-state index < -0.39 is 25.6 Å². The lowest BCUT2D eigenvalue weighted by Crippen LogP contribution is -2.59. The van der Waals surface area contributed by atoms with E-state index >= 15 is 0 Å². The highest BCUT2D eigenvalue weighted by molar-refractivity contribution is 6.70. The molecule has 0 spiro atoms. The Bertz CT molecular complexity index is 691. The molecule has 2 saturated carbocycles. The third-order valence-electron chi connectivity index (χ3n) is 7.70. The molecule has 2 aliphatic carbocycles. The number of nitrogens with one attached hydrogen (secondary N) is 1. The van der Waals surface area contributed by atoms with Gasteiger partial charge in [-0.3, -0.25) is 4.79 Å². The van der Waals surface area contributed by atoms with E-state index in [-0.39, 0.29) is 22.7 Å². The fraction of sp³-hybridized carbons (Fsp3) is 0.920. The fourth-order valence-corrected chi connectivity index (χ4v) is 7.50. The topological polar surface area (TPSA) is 64.6 Å². The Balaban J connectivity index is 2.32. The average Bonchev–Trinajstić information content (AvgIpc) is 2.82. The lowest BCUT2D eigenvalue weighted by molar-refractivity contribution is -0.152. The summed E-state index contributed by atoms with van der Waals surface area (Å²) in [7, 11) is -1.98. The summed E-state index contributed by atoms with van der Waals surface area (Å²) >= 11 is 0. The monoisotopic (exact) mass is 453 g/mol. The maximum absolute atomic E-state index is 14.1. The van der Waals surface area contributed by atoms with Crippen molar-refractivity contribution in [1.29, 1.82) is 0 Å². The highest BCUT2D eigenvalue weighted by atomic mass is 28.4. The van der Waals surface area contributed by atoms with Crippen molar-refractivity contribution in [3.8, 4) is 0 Å². The van der Waals surface area contributed by atoms with Gasteiger partial charge in [0.05, 0.1) is 0 Å². The lowest BCUT2D eigenvalue weighted by Gasteiger charge is -2.50.